The van der Waals surface area contributed by atoms with Crippen LogP contribution in [0.15, 0.2) is 67.3 Å². The smallest absolute Gasteiger partial charge is 0.242 e. The SMILES string of the molecule is COc1ccc(OC)c(C(CCc2cccnc2)(NCCc2ccncc2)C(N)=O)c1. The minimum absolute atomic E-state index is 0.438. The van der Waals surface area contributed by atoms with E-state index in [4.69, 9.17) is 15.2 Å². The number of carbonyl (C=O) groups is 1. The Balaban J connectivity index is 1.96. The molecule has 3 aromatic rings. The third-order valence-electron chi connectivity index (χ3n) is 5.39. The molecule has 0 radical (unpaired) electrons. The summed E-state index contributed by atoms with van der Waals surface area (Å²) in [6, 6.07) is 13.2. The van der Waals surface area contributed by atoms with Crippen molar-refractivity contribution >= 4 is 5.91 Å². The number of aromatic nitrogens is 2. The number of primary amides is 1. The van der Waals surface area contributed by atoms with Gasteiger partial charge >= 0.3 is 0 Å². The molecule has 2 aromatic heterocycles. The Bertz CT molecular complexity index is 983. The highest BCUT2D eigenvalue weighted by molar-refractivity contribution is 5.87. The molecule has 1 aromatic carbocycles. The Morgan fingerprint density at radius 1 is 1.00 bits per heavy atom. The van der Waals surface area contributed by atoms with Gasteiger partial charge in [0.25, 0.3) is 0 Å². The number of nitrogens with two attached hydrogens (primary N) is 1. The molecule has 1 atom stereocenters. The van der Waals surface area contributed by atoms with Crippen molar-refractivity contribution < 1.29 is 14.3 Å². The van der Waals surface area contributed by atoms with Gasteiger partial charge in [0.05, 0.1) is 14.2 Å². The average Bonchev–Trinajstić information content (AvgIpc) is 2.82. The first-order valence-electron chi connectivity index (χ1n) is 10.1. The number of pyridine rings is 2. The van der Waals surface area contributed by atoms with Crippen molar-refractivity contribution in [2.75, 3.05) is 20.8 Å². The van der Waals surface area contributed by atoms with E-state index in [2.05, 4.69) is 15.3 Å². The summed E-state index contributed by atoms with van der Waals surface area (Å²) in [5, 5.41) is 3.44. The molecule has 3 rings (SSSR count). The molecule has 0 saturated heterocycles. The Morgan fingerprint density at radius 2 is 1.81 bits per heavy atom. The molecule has 0 aliphatic heterocycles. The van der Waals surface area contributed by atoms with Gasteiger partial charge in [0.2, 0.25) is 5.91 Å². The molecule has 0 fully saturated rings. The molecule has 0 saturated carbocycles. The van der Waals surface area contributed by atoms with Crippen LogP contribution in [-0.2, 0) is 23.2 Å². The van der Waals surface area contributed by atoms with E-state index in [1.54, 1.807) is 51.1 Å². The molecule has 0 spiro atoms. The fourth-order valence-corrected chi connectivity index (χ4v) is 3.66. The molecule has 31 heavy (non-hydrogen) atoms. The first kappa shape index (κ1) is 22.2. The van der Waals surface area contributed by atoms with Crippen molar-refractivity contribution in [2.45, 2.75) is 24.8 Å². The summed E-state index contributed by atoms with van der Waals surface area (Å²) < 4.78 is 11.0. The highest BCUT2D eigenvalue weighted by Gasteiger charge is 2.40. The van der Waals surface area contributed by atoms with E-state index in [1.807, 2.05) is 30.3 Å². The van der Waals surface area contributed by atoms with Gasteiger partial charge < -0.3 is 15.2 Å². The van der Waals surface area contributed by atoms with Crippen molar-refractivity contribution in [1.82, 2.24) is 15.3 Å². The van der Waals surface area contributed by atoms with E-state index in [1.165, 1.54) is 0 Å². The van der Waals surface area contributed by atoms with Crippen LogP contribution in [-0.4, -0.2) is 36.6 Å². The zero-order valence-electron chi connectivity index (χ0n) is 17.9. The fourth-order valence-electron chi connectivity index (χ4n) is 3.66. The van der Waals surface area contributed by atoms with Crippen LogP contribution in [0.2, 0.25) is 0 Å². The molecule has 1 amide bonds. The summed E-state index contributed by atoms with van der Waals surface area (Å²) in [6.45, 7) is 0.542. The Kier molecular flexibility index (Phi) is 7.56. The number of nitrogens with one attached hydrogen (secondary N) is 1. The molecule has 0 bridgehead atoms. The predicted molar refractivity (Wildman–Crippen MR) is 119 cm³/mol. The lowest BCUT2D eigenvalue weighted by atomic mass is 9.82. The maximum atomic E-state index is 13.0. The second-order valence-corrected chi connectivity index (χ2v) is 7.23. The van der Waals surface area contributed by atoms with Crippen LogP contribution in [0.1, 0.15) is 23.1 Å². The van der Waals surface area contributed by atoms with Crippen LogP contribution < -0.4 is 20.5 Å². The van der Waals surface area contributed by atoms with Gasteiger partial charge in [-0.25, -0.2) is 0 Å². The summed E-state index contributed by atoms with van der Waals surface area (Å²) in [5.74, 6) is 0.721. The number of hydrogen-bond acceptors (Lipinski definition) is 6. The third-order valence-corrected chi connectivity index (χ3v) is 5.39. The first-order chi connectivity index (χ1) is 15.1. The lowest BCUT2D eigenvalue weighted by Gasteiger charge is -2.34. The standard InChI is InChI=1S/C24H28N4O3/c1-30-20-5-6-22(31-2)21(16-20)24(23(25)29,11-7-19-4-3-12-27-17-19)28-15-10-18-8-13-26-14-9-18/h3-6,8-9,12-14,16-17,28H,7,10-11,15H2,1-2H3,(H2,25,29). The number of carbonyl (C=O) groups excluding carboxylic acids is 1. The van der Waals surface area contributed by atoms with E-state index in [0.29, 0.717) is 36.4 Å². The molecular weight excluding hydrogens is 392 g/mol. The van der Waals surface area contributed by atoms with Crippen LogP contribution in [0, 0.1) is 0 Å². The van der Waals surface area contributed by atoms with E-state index in [9.17, 15) is 4.79 Å². The summed E-state index contributed by atoms with van der Waals surface area (Å²) in [6.07, 6.45) is 8.80. The molecule has 0 aliphatic carbocycles. The van der Waals surface area contributed by atoms with Gasteiger partial charge in [-0.2, -0.15) is 0 Å². The summed E-state index contributed by atoms with van der Waals surface area (Å²) in [4.78, 5) is 21.2. The average molecular weight is 421 g/mol. The Morgan fingerprint density at radius 3 is 2.45 bits per heavy atom. The third kappa shape index (κ3) is 5.38. The topological polar surface area (TPSA) is 99.4 Å². The zero-order valence-corrected chi connectivity index (χ0v) is 17.9. The van der Waals surface area contributed by atoms with E-state index in [-0.39, 0.29) is 0 Å². The molecule has 1 unspecified atom stereocenters. The normalized spacial score (nSPS) is 12.7. The molecule has 7 nitrogen and oxygen atoms in total. The van der Waals surface area contributed by atoms with Crippen molar-refractivity contribution in [1.29, 1.82) is 0 Å². The minimum atomic E-state index is -1.15. The maximum Gasteiger partial charge on any atom is 0.242 e. The van der Waals surface area contributed by atoms with Crippen molar-refractivity contribution in [3.05, 3.63) is 83.9 Å². The number of amides is 1. The van der Waals surface area contributed by atoms with Crippen LogP contribution in [0.5, 0.6) is 11.5 Å². The van der Waals surface area contributed by atoms with Crippen molar-refractivity contribution in [2.24, 2.45) is 5.73 Å². The van der Waals surface area contributed by atoms with Gasteiger partial charge in [-0.1, -0.05) is 6.07 Å². The number of methoxy groups -OCH3 is 2. The number of benzene rings is 1. The maximum absolute atomic E-state index is 13.0. The number of nitrogens with zero attached hydrogens (tertiary/aromatic N) is 2. The number of ether oxygens (including phenoxy) is 2. The Hall–Kier alpha value is -3.45. The second kappa shape index (κ2) is 10.5. The molecular formula is C24H28N4O3. The summed E-state index contributed by atoms with van der Waals surface area (Å²) >= 11 is 0. The van der Waals surface area contributed by atoms with Gasteiger partial charge in [0.1, 0.15) is 17.0 Å². The number of rotatable bonds is 11. The van der Waals surface area contributed by atoms with Crippen LogP contribution in [0.3, 0.4) is 0 Å². The largest absolute Gasteiger partial charge is 0.497 e. The fraction of sp³-hybridized carbons (Fsp3) is 0.292. The zero-order chi connectivity index (χ0) is 22.1. The predicted octanol–water partition coefficient (Wildman–Crippen LogP) is 2.64. The van der Waals surface area contributed by atoms with Gasteiger partial charge in [0.15, 0.2) is 0 Å². The number of aryl methyl sites for hydroxylation is 1. The molecule has 3 N–H and O–H groups in total. The van der Waals surface area contributed by atoms with Crippen molar-refractivity contribution in [3.8, 4) is 11.5 Å². The molecule has 0 aliphatic rings. The molecule has 162 valence electrons. The number of hydrogen-bond donors (Lipinski definition) is 2. The summed E-state index contributed by atoms with van der Waals surface area (Å²) in [5.41, 5.74) is 7.68. The van der Waals surface area contributed by atoms with Gasteiger partial charge in [-0.15, -0.1) is 0 Å². The lowest BCUT2D eigenvalue weighted by Crippen LogP contribution is -2.53. The van der Waals surface area contributed by atoms with Gasteiger partial charge in [-0.05, 0) is 66.8 Å². The van der Waals surface area contributed by atoms with Crippen molar-refractivity contribution in [3.63, 3.8) is 0 Å². The molecule has 7 heteroatoms. The van der Waals surface area contributed by atoms with E-state index < -0.39 is 11.4 Å². The second-order valence-electron chi connectivity index (χ2n) is 7.23. The highest BCUT2D eigenvalue weighted by Crippen LogP contribution is 2.36. The minimum Gasteiger partial charge on any atom is -0.497 e. The first-order valence-corrected chi connectivity index (χ1v) is 10.1. The Labute approximate surface area is 182 Å². The van der Waals surface area contributed by atoms with E-state index >= 15 is 0 Å². The lowest BCUT2D eigenvalue weighted by molar-refractivity contribution is -0.125. The van der Waals surface area contributed by atoms with E-state index in [0.717, 1.165) is 17.5 Å². The highest BCUT2D eigenvalue weighted by atomic mass is 16.5. The van der Waals surface area contributed by atoms with Crippen LogP contribution >= 0.6 is 0 Å². The van der Waals surface area contributed by atoms with Crippen LogP contribution in [0.25, 0.3) is 0 Å². The van der Waals surface area contributed by atoms with Gasteiger partial charge in [0, 0.05) is 36.9 Å². The van der Waals surface area contributed by atoms with Crippen LogP contribution in [0.4, 0.5) is 0 Å². The molecule has 2 heterocycles. The monoisotopic (exact) mass is 420 g/mol. The summed E-state index contributed by atoms with van der Waals surface area (Å²) in [7, 11) is 3.17. The van der Waals surface area contributed by atoms with Gasteiger partial charge in [-0.3, -0.25) is 20.1 Å². The quantitative estimate of drug-likeness (QED) is 0.495.